The number of nitriles is 5. The molecule has 0 amide bonds. The van der Waals surface area contributed by atoms with Gasteiger partial charge >= 0.3 is 6.18 Å². The number of hydrogen-bond donors (Lipinski definition) is 0. The van der Waals surface area contributed by atoms with E-state index in [2.05, 4.69) is 30.3 Å². The van der Waals surface area contributed by atoms with Crippen molar-refractivity contribution in [3.63, 3.8) is 0 Å². The molecule has 0 saturated heterocycles. The molecule has 242 valence electrons. The van der Waals surface area contributed by atoms with Crippen LogP contribution in [0.25, 0.3) is 66.1 Å². The lowest BCUT2D eigenvalue weighted by molar-refractivity contribution is -0.137. The van der Waals surface area contributed by atoms with Gasteiger partial charge in [0.05, 0.1) is 97.2 Å². The average molecular weight is 678 g/mol. The van der Waals surface area contributed by atoms with Gasteiger partial charge in [-0.1, -0.05) is 12.1 Å². The Balaban J connectivity index is 1.61. The third kappa shape index (κ3) is 4.79. The second-order valence-corrected chi connectivity index (χ2v) is 12.1. The molecule has 0 atom stereocenters. The lowest BCUT2D eigenvalue weighted by Gasteiger charge is -2.21. The van der Waals surface area contributed by atoms with Crippen LogP contribution in [0.1, 0.15) is 33.4 Å². The summed E-state index contributed by atoms with van der Waals surface area (Å²) in [7, 11) is 0. The van der Waals surface area contributed by atoms with Crippen LogP contribution in [-0.4, -0.2) is 9.13 Å². The van der Waals surface area contributed by atoms with Gasteiger partial charge in [0.2, 0.25) is 0 Å². The van der Waals surface area contributed by atoms with E-state index in [1.807, 2.05) is 9.13 Å². The number of nitrogens with zero attached hydrogens (tertiary/aromatic N) is 7. The van der Waals surface area contributed by atoms with Crippen LogP contribution in [0.4, 0.5) is 13.2 Å². The molecule has 2 heterocycles. The molecule has 52 heavy (non-hydrogen) atoms. The Bertz CT molecular complexity index is 2760. The average Bonchev–Trinajstić information content (AvgIpc) is 3.67. The molecule has 0 spiro atoms. The van der Waals surface area contributed by atoms with E-state index in [9.17, 15) is 39.5 Å². The van der Waals surface area contributed by atoms with Crippen molar-refractivity contribution in [1.82, 2.24) is 9.13 Å². The Hall–Kier alpha value is -7.84. The van der Waals surface area contributed by atoms with Crippen molar-refractivity contribution < 1.29 is 13.2 Å². The molecule has 0 N–H and O–H groups in total. The number of alkyl halides is 3. The Kier molecular flexibility index (Phi) is 7.04. The third-order valence-electron chi connectivity index (χ3n) is 9.23. The molecular formula is C42H18F3N7. The summed E-state index contributed by atoms with van der Waals surface area (Å²) in [6.07, 6.45) is -4.66. The van der Waals surface area contributed by atoms with Gasteiger partial charge in [0.1, 0.15) is 0 Å². The molecule has 0 aliphatic heterocycles. The van der Waals surface area contributed by atoms with Crippen LogP contribution < -0.4 is 0 Å². The highest BCUT2D eigenvalue weighted by Gasteiger charge is 2.31. The molecule has 6 aromatic carbocycles. The molecule has 0 aliphatic carbocycles. The van der Waals surface area contributed by atoms with E-state index in [-0.39, 0.29) is 11.1 Å². The van der Waals surface area contributed by atoms with Crippen molar-refractivity contribution in [2.45, 2.75) is 6.18 Å². The van der Waals surface area contributed by atoms with Crippen LogP contribution in [0.2, 0.25) is 0 Å². The molecule has 0 unspecified atom stereocenters. The Morgan fingerprint density at radius 1 is 0.423 bits per heavy atom. The molecule has 7 nitrogen and oxygen atoms in total. The van der Waals surface area contributed by atoms with Crippen molar-refractivity contribution in [3.05, 3.63) is 143 Å². The second kappa shape index (κ2) is 11.6. The van der Waals surface area contributed by atoms with Gasteiger partial charge in [-0.2, -0.15) is 39.5 Å². The molecule has 8 aromatic rings. The fraction of sp³-hybridized carbons (Fsp3) is 0.0238. The van der Waals surface area contributed by atoms with Gasteiger partial charge in [-0.05, 0) is 103 Å². The molecule has 0 radical (unpaired) electrons. The molecular weight excluding hydrogens is 660 g/mol. The van der Waals surface area contributed by atoms with Gasteiger partial charge in [-0.3, -0.25) is 0 Å². The largest absolute Gasteiger partial charge is 0.416 e. The number of hydrogen-bond acceptors (Lipinski definition) is 5. The quantitative estimate of drug-likeness (QED) is 0.184. The van der Waals surface area contributed by atoms with Crippen molar-refractivity contribution in [3.8, 4) is 52.8 Å². The zero-order valence-electron chi connectivity index (χ0n) is 26.7. The molecule has 8 rings (SSSR count). The number of aromatic nitrogens is 2. The highest BCUT2D eigenvalue weighted by Crippen LogP contribution is 2.44. The standard InChI is InChI=1S/C42H18F3N7/c43-42(44,45)30-3-1-2-29(18-30)41-39(51-35-8-4-24(19-46)12-31(35)32-13-25(20-47)5-9-36(32)51)16-28(23-50)17-40(41)52-37-10-6-26(21-48)14-33(37)34-15-27(22-49)7-11-38(34)52/h1-18H. The van der Waals surface area contributed by atoms with Crippen LogP contribution in [0, 0.1) is 56.7 Å². The predicted octanol–water partition coefficient (Wildman–Crippen LogP) is 9.92. The van der Waals surface area contributed by atoms with E-state index in [0.29, 0.717) is 82.8 Å². The first-order valence-corrected chi connectivity index (χ1v) is 15.7. The molecule has 2 aromatic heterocycles. The predicted molar refractivity (Wildman–Crippen MR) is 189 cm³/mol. The number of benzene rings is 6. The fourth-order valence-electron chi connectivity index (χ4n) is 7.02. The second-order valence-electron chi connectivity index (χ2n) is 12.1. The summed E-state index contributed by atoms with van der Waals surface area (Å²) in [6.45, 7) is 0. The van der Waals surface area contributed by atoms with E-state index in [1.165, 1.54) is 6.07 Å². The maximum Gasteiger partial charge on any atom is 0.416 e. The normalized spacial score (nSPS) is 11.3. The first-order valence-electron chi connectivity index (χ1n) is 15.7. The minimum Gasteiger partial charge on any atom is -0.308 e. The van der Waals surface area contributed by atoms with Crippen LogP contribution in [0.15, 0.2) is 109 Å². The number of halogens is 3. The highest BCUT2D eigenvalue weighted by atomic mass is 19.4. The van der Waals surface area contributed by atoms with Crippen molar-refractivity contribution in [1.29, 1.82) is 26.3 Å². The van der Waals surface area contributed by atoms with E-state index in [1.54, 1.807) is 91.0 Å². The SMILES string of the molecule is N#Cc1cc(-n2c3ccc(C#N)cc3c3cc(C#N)ccc32)c(-c2cccc(C(F)(F)F)c2)c(-n2c3ccc(C#N)cc3c3cc(C#N)ccc32)c1. The summed E-state index contributed by atoms with van der Waals surface area (Å²) in [5, 5.41) is 52.0. The molecule has 0 bridgehead atoms. The van der Waals surface area contributed by atoms with Gasteiger partial charge in [0.15, 0.2) is 0 Å². The monoisotopic (exact) mass is 677 g/mol. The minimum absolute atomic E-state index is 0.204. The van der Waals surface area contributed by atoms with E-state index < -0.39 is 11.7 Å². The number of fused-ring (bicyclic) bond motifs is 6. The van der Waals surface area contributed by atoms with Crippen molar-refractivity contribution in [2.75, 3.05) is 0 Å². The summed E-state index contributed by atoms with van der Waals surface area (Å²) in [5.41, 5.74) is 4.51. The highest BCUT2D eigenvalue weighted by molar-refractivity contribution is 6.13. The van der Waals surface area contributed by atoms with Crippen molar-refractivity contribution >= 4 is 43.6 Å². The number of rotatable bonds is 3. The Morgan fingerprint density at radius 3 is 1.12 bits per heavy atom. The summed E-state index contributed by atoms with van der Waals surface area (Å²) in [4.78, 5) is 0. The fourth-order valence-corrected chi connectivity index (χ4v) is 7.02. The van der Waals surface area contributed by atoms with Gasteiger partial charge in [-0.15, -0.1) is 0 Å². The molecule has 0 aliphatic rings. The molecule has 0 fully saturated rings. The van der Waals surface area contributed by atoms with Crippen LogP contribution >= 0.6 is 0 Å². The third-order valence-corrected chi connectivity index (χ3v) is 9.23. The minimum atomic E-state index is -4.66. The van der Waals surface area contributed by atoms with Gasteiger partial charge in [0.25, 0.3) is 0 Å². The topological polar surface area (TPSA) is 129 Å². The molecule has 10 heteroatoms. The van der Waals surface area contributed by atoms with Crippen LogP contribution in [0.5, 0.6) is 0 Å². The van der Waals surface area contributed by atoms with E-state index >= 15 is 0 Å². The Labute approximate surface area is 293 Å². The van der Waals surface area contributed by atoms with Crippen LogP contribution in [0.3, 0.4) is 0 Å². The Morgan fingerprint density at radius 2 is 0.788 bits per heavy atom. The van der Waals surface area contributed by atoms with Gasteiger partial charge < -0.3 is 9.13 Å². The van der Waals surface area contributed by atoms with E-state index in [0.717, 1.165) is 12.1 Å². The van der Waals surface area contributed by atoms with E-state index in [4.69, 9.17) is 0 Å². The lowest BCUT2D eigenvalue weighted by atomic mass is 9.96. The lowest BCUT2D eigenvalue weighted by Crippen LogP contribution is -2.07. The summed E-state index contributed by atoms with van der Waals surface area (Å²) in [5.74, 6) is 0. The maximum absolute atomic E-state index is 14.3. The zero-order valence-corrected chi connectivity index (χ0v) is 26.7. The van der Waals surface area contributed by atoms with Crippen LogP contribution in [-0.2, 0) is 6.18 Å². The first kappa shape index (κ1) is 31.4. The first-order chi connectivity index (χ1) is 25.2. The smallest absolute Gasteiger partial charge is 0.308 e. The summed E-state index contributed by atoms with van der Waals surface area (Å²) in [6, 6.07) is 39.3. The zero-order chi connectivity index (χ0) is 36.3. The van der Waals surface area contributed by atoms with Gasteiger partial charge in [0, 0.05) is 27.1 Å². The maximum atomic E-state index is 14.3. The summed E-state index contributed by atoms with van der Waals surface area (Å²) >= 11 is 0. The molecule has 0 saturated carbocycles. The summed E-state index contributed by atoms with van der Waals surface area (Å²) < 4.78 is 46.6. The van der Waals surface area contributed by atoms with Gasteiger partial charge in [-0.25, -0.2) is 0 Å². The van der Waals surface area contributed by atoms with Crippen molar-refractivity contribution in [2.24, 2.45) is 0 Å².